The van der Waals surface area contributed by atoms with Gasteiger partial charge >= 0.3 is 18.2 Å². The van der Waals surface area contributed by atoms with Crippen LogP contribution in [-0.4, -0.2) is 42.3 Å². The molecule has 0 saturated carbocycles. The molecule has 2 rings (SSSR count). The van der Waals surface area contributed by atoms with Gasteiger partial charge < -0.3 is 14.4 Å². The van der Waals surface area contributed by atoms with E-state index in [1.165, 1.54) is 17.0 Å². The van der Waals surface area contributed by atoms with Crippen molar-refractivity contribution in [2.75, 3.05) is 19.7 Å². The highest BCUT2D eigenvalue weighted by Crippen LogP contribution is 2.44. The van der Waals surface area contributed by atoms with Gasteiger partial charge in [0.1, 0.15) is 5.60 Å². The number of ether oxygens (including phenoxy) is 2. The predicted molar refractivity (Wildman–Crippen MR) is 106 cm³/mol. The number of alkyl halides is 3. The third-order valence-corrected chi connectivity index (χ3v) is 5.28. The number of rotatable bonds is 4. The van der Waals surface area contributed by atoms with Crippen LogP contribution in [0.1, 0.15) is 51.7 Å². The smallest absolute Gasteiger partial charge is 0.416 e. The van der Waals surface area contributed by atoms with Gasteiger partial charge in [0, 0.05) is 18.5 Å². The summed E-state index contributed by atoms with van der Waals surface area (Å²) in [5.41, 5.74) is -2.56. The van der Waals surface area contributed by atoms with Crippen LogP contribution in [0.4, 0.5) is 18.0 Å². The molecule has 0 bridgehead atoms. The van der Waals surface area contributed by atoms with E-state index in [9.17, 15) is 28.0 Å². The minimum absolute atomic E-state index is 0.0414. The fourth-order valence-corrected chi connectivity index (χ4v) is 3.79. The number of hydrogen-bond donors (Lipinski definition) is 0. The Morgan fingerprint density at radius 3 is 2.32 bits per heavy atom. The molecule has 1 unspecified atom stereocenters. The summed E-state index contributed by atoms with van der Waals surface area (Å²) in [7, 11) is 0. The maximum Gasteiger partial charge on any atom is 0.416 e. The molecule has 31 heavy (non-hydrogen) atoms. The van der Waals surface area contributed by atoms with E-state index in [4.69, 9.17) is 9.47 Å². The number of amides is 1. The van der Waals surface area contributed by atoms with Crippen molar-refractivity contribution in [3.8, 4) is 6.07 Å². The van der Waals surface area contributed by atoms with E-state index in [0.717, 1.165) is 12.1 Å². The fourth-order valence-electron chi connectivity index (χ4n) is 3.79. The number of hydrogen-bond acceptors (Lipinski definition) is 5. The quantitative estimate of drug-likeness (QED) is 0.636. The first-order valence-electron chi connectivity index (χ1n) is 10.1. The average Bonchev–Trinajstić information content (AvgIpc) is 2.67. The molecule has 9 heteroatoms. The number of esters is 1. The molecule has 1 amide bonds. The second-order valence-electron chi connectivity index (χ2n) is 8.52. The number of halogens is 3. The van der Waals surface area contributed by atoms with Crippen molar-refractivity contribution < 1.29 is 32.2 Å². The molecule has 1 saturated heterocycles. The Morgan fingerprint density at radius 1 is 1.23 bits per heavy atom. The van der Waals surface area contributed by atoms with Gasteiger partial charge in [-0.25, -0.2) is 4.79 Å². The Labute approximate surface area is 179 Å². The van der Waals surface area contributed by atoms with Gasteiger partial charge in [-0.1, -0.05) is 18.2 Å². The molecule has 1 aromatic rings. The summed E-state index contributed by atoms with van der Waals surface area (Å²) in [5, 5.41) is 9.78. The lowest BCUT2D eigenvalue weighted by molar-refractivity contribution is -0.149. The van der Waals surface area contributed by atoms with E-state index < -0.39 is 40.7 Å². The van der Waals surface area contributed by atoms with Crippen LogP contribution in [-0.2, 0) is 25.9 Å². The second kappa shape index (κ2) is 9.16. The number of benzene rings is 1. The molecular weight excluding hydrogens is 413 g/mol. The van der Waals surface area contributed by atoms with Crippen molar-refractivity contribution in [1.29, 1.82) is 5.26 Å². The molecule has 1 atom stereocenters. The Kier molecular flexibility index (Phi) is 7.25. The molecule has 1 heterocycles. The Balaban J connectivity index is 2.44. The average molecular weight is 440 g/mol. The number of likely N-dealkylation sites (tertiary alicyclic amines) is 1. The van der Waals surface area contributed by atoms with Crippen LogP contribution in [0.25, 0.3) is 0 Å². The highest BCUT2D eigenvalue weighted by Gasteiger charge is 2.49. The summed E-state index contributed by atoms with van der Waals surface area (Å²) in [6.45, 7) is 7.08. The first-order valence-corrected chi connectivity index (χ1v) is 10.1. The molecular formula is C22H27F3N2O4. The molecule has 0 aliphatic carbocycles. The van der Waals surface area contributed by atoms with E-state index in [-0.39, 0.29) is 38.1 Å². The first kappa shape index (κ1) is 24.5. The second-order valence-corrected chi connectivity index (χ2v) is 8.52. The lowest BCUT2D eigenvalue weighted by atomic mass is 9.64. The van der Waals surface area contributed by atoms with Gasteiger partial charge in [-0.3, -0.25) is 4.79 Å². The molecule has 170 valence electrons. The predicted octanol–water partition coefficient (Wildman–Crippen LogP) is 4.68. The van der Waals surface area contributed by atoms with Crippen molar-refractivity contribution in [2.24, 2.45) is 5.92 Å². The molecule has 1 aromatic carbocycles. The van der Waals surface area contributed by atoms with Gasteiger partial charge in [0.05, 0.1) is 18.2 Å². The number of piperidine rings is 1. The summed E-state index contributed by atoms with van der Waals surface area (Å²) in [6, 6.07) is 6.62. The molecule has 1 aliphatic rings. The molecule has 0 radical (unpaired) electrons. The number of nitrogens with zero attached hydrogens (tertiary/aromatic N) is 2. The minimum atomic E-state index is -4.57. The zero-order valence-corrected chi connectivity index (χ0v) is 18.1. The van der Waals surface area contributed by atoms with Crippen molar-refractivity contribution in [3.63, 3.8) is 0 Å². The van der Waals surface area contributed by atoms with Crippen molar-refractivity contribution in [2.45, 2.75) is 57.7 Å². The standard InChI is InChI=1S/C22H27F3N2O4/c1-5-30-18(28)17(14-26)21(15-7-6-8-16(13-15)22(23,24)25)9-11-27(12-10-21)19(29)31-20(2,3)4/h6-8,13,17H,5,9-12H2,1-4H3. The maximum atomic E-state index is 13.3. The highest BCUT2D eigenvalue weighted by molar-refractivity contribution is 5.78. The van der Waals surface area contributed by atoms with E-state index >= 15 is 0 Å². The summed E-state index contributed by atoms with van der Waals surface area (Å²) in [6.07, 6.45) is -4.88. The van der Waals surface area contributed by atoms with Crippen LogP contribution >= 0.6 is 0 Å². The van der Waals surface area contributed by atoms with Crippen LogP contribution in [0.15, 0.2) is 24.3 Å². The third kappa shape index (κ3) is 5.69. The zero-order chi connectivity index (χ0) is 23.4. The van der Waals surface area contributed by atoms with Gasteiger partial charge in [-0.05, 0) is 52.2 Å². The normalized spacial score (nSPS) is 17.4. The number of carbonyl (C=O) groups excluding carboxylic acids is 2. The lowest BCUT2D eigenvalue weighted by Crippen LogP contribution is -2.51. The van der Waals surface area contributed by atoms with Crippen LogP contribution in [0.5, 0.6) is 0 Å². The Hall–Kier alpha value is -2.76. The van der Waals surface area contributed by atoms with E-state index in [1.807, 2.05) is 6.07 Å². The molecule has 0 N–H and O–H groups in total. The highest BCUT2D eigenvalue weighted by atomic mass is 19.4. The van der Waals surface area contributed by atoms with E-state index in [2.05, 4.69) is 0 Å². The fraction of sp³-hybridized carbons (Fsp3) is 0.591. The summed E-state index contributed by atoms with van der Waals surface area (Å²) in [4.78, 5) is 26.4. The van der Waals surface area contributed by atoms with Gasteiger partial charge in [0.2, 0.25) is 0 Å². The summed E-state index contributed by atoms with van der Waals surface area (Å²) < 4.78 is 50.4. The summed E-state index contributed by atoms with van der Waals surface area (Å²) >= 11 is 0. The Bertz CT molecular complexity index is 848. The van der Waals surface area contributed by atoms with Gasteiger partial charge in [0.25, 0.3) is 0 Å². The van der Waals surface area contributed by atoms with Gasteiger partial charge in [0.15, 0.2) is 5.92 Å². The number of nitriles is 1. The molecule has 0 spiro atoms. The van der Waals surface area contributed by atoms with Gasteiger partial charge in [-0.2, -0.15) is 18.4 Å². The molecule has 0 aromatic heterocycles. The van der Waals surface area contributed by atoms with Crippen LogP contribution in [0.3, 0.4) is 0 Å². The molecule has 6 nitrogen and oxygen atoms in total. The van der Waals surface area contributed by atoms with Crippen LogP contribution < -0.4 is 0 Å². The van der Waals surface area contributed by atoms with Gasteiger partial charge in [-0.15, -0.1) is 0 Å². The topological polar surface area (TPSA) is 79.6 Å². The van der Waals surface area contributed by atoms with Crippen LogP contribution in [0.2, 0.25) is 0 Å². The van der Waals surface area contributed by atoms with Crippen LogP contribution in [0, 0.1) is 17.2 Å². The van der Waals surface area contributed by atoms with Crippen molar-refractivity contribution >= 4 is 12.1 Å². The first-order chi connectivity index (χ1) is 14.3. The SMILES string of the molecule is CCOC(=O)C(C#N)C1(c2cccc(C(F)(F)F)c2)CCN(C(=O)OC(C)(C)C)CC1. The number of carbonyl (C=O) groups is 2. The Morgan fingerprint density at radius 2 is 1.84 bits per heavy atom. The largest absolute Gasteiger partial charge is 0.465 e. The maximum absolute atomic E-state index is 13.3. The molecule has 1 fully saturated rings. The third-order valence-electron chi connectivity index (χ3n) is 5.28. The minimum Gasteiger partial charge on any atom is -0.465 e. The monoisotopic (exact) mass is 440 g/mol. The summed E-state index contributed by atoms with van der Waals surface area (Å²) in [5.74, 6) is -2.09. The zero-order valence-electron chi connectivity index (χ0n) is 18.1. The van der Waals surface area contributed by atoms with E-state index in [1.54, 1.807) is 27.7 Å². The lowest BCUT2D eigenvalue weighted by Gasteiger charge is -2.44. The van der Waals surface area contributed by atoms with E-state index in [0.29, 0.717) is 0 Å². The van der Waals surface area contributed by atoms with Crippen molar-refractivity contribution in [1.82, 2.24) is 4.90 Å². The van der Waals surface area contributed by atoms with Crippen molar-refractivity contribution in [3.05, 3.63) is 35.4 Å². The molecule has 1 aliphatic heterocycles.